The Balaban J connectivity index is 1.28. The van der Waals surface area contributed by atoms with E-state index in [1.807, 2.05) is 17.0 Å². The fourth-order valence-corrected chi connectivity index (χ4v) is 4.47. The van der Waals surface area contributed by atoms with Crippen LogP contribution in [0.15, 0.2) is 24.3 Å². The summed E-state index contributed by atoms with van der Waals surface area (Å²) in [6, 6.07) is 7.21. The van der Waals surface area contributed by atoms with E-state index in [1.165, 1.54) is 30.5 Å². The van der Waals surface area contributed by atoms with Gasteiger partial charge in [0.05, 0.1) is 19.3 Å². The number of amides is 2. The minimum absolute atomic E-state index is 0.00743. The topological polar surface area (TPSA) is 87.3 Å². The molecule has 0 radical (unpaired) electrons. The Labute approximate surface area is 177 Å². The molecule has 7 heteroatoms. The van der Waals surface area contributed by atoms with E-state index in [0.29, 0.717) is 43.8 Å². The number of aromatic amines is 1. The van der Waals surface area contributed by atoms with Crippen molar-refractivity contribution in [1.29, 1.82) is 0 Å². The zero-order chi connectivity index (χ0) is 20.9. The van der Waals surface area contributed by atoms with Crippen molar-refractivity contribution in [2.45, 2.75) is 51.5 Å². The number of benzene rings is 1. The van der Waals surface area contributed by atoms with E-state index in [0.717, 1.165) is 18.5 Å². The van der Waals surface area contributed by atoms with Gasteiger partial charge in [-0.15, -0.1) is 0 Å². The van der Waals surface area contributed by atoms with E-state index >= 15 is 0 Å². The maximum absolute atomic E-state index is 12.7. The molecule has 30 heavy (non-hydrogen) atoms. The highest BCUT2D eigenvalue weighted by Crippen LogP contribution is 2.23. The van der Waals surface area contributed by atoms with Gasteiger partial charge in [-0.05, 0) is 62.3 Å². The molecule has 1 aliphatic heterocycles. The molecule has 2 aromatic rings. The van der Waals surface area contributed by atoms with Crippen molar-refractivity contribution in [3.63, 3.8) is 0 Å². The van der Waals surface area contributed by atoms with E-state index in [4.69, 9.17) is 4.74 Å². The van der Waals surface area contributed by atoms with Crippen LogP contribution < -0.4 is 10.1 Å². The van der Waals surface area contributed by atoms with Crippen molar-refractivity contribution in [1.82, 2.24) is 20.4 Å². The first kappa shape index (κ1) is 20.4. The summed E-state index contributed by atoms with van der Waals surface area (Å²) in [5.74, 6) is 0.670. The number of methoxy groups -OCH3 is 1. The molecule has 0 saturated carbocycles. The number of aromatic nitrogens is 2. The van der Waals surface area contributed by atoms with Crippen molar-refractivity contribution in [2.75, 3.05) is 20.2 Å². The lowest BCUT2D eigenvalue weighted by atomic mass is 9.95. The number of hydrogen-bond acceptors (Lipinski definition) is 4. The molecule has 2 amide bonds. The highest BCUT2D eigenvalue weighted by Gasteiger charge is 2.28. The zero-order valence-corrected chi connectivity index (χ0v) is 17.6. The van der Waals surface area contributed by atoms with Crippen LogP contribution in [0.25, 0.3) is 0 Å². The molecular formula is C23H30N4O3. The number of nitrogens with one attached hydrogen (secondary N) is 2. The van der Waals surface area contributed by atoms with Gasteiger partial charge < -0.3 is 15.0 Å². The minimum atomic E-state index is -0.0584. The second-order valence-corrected chi connectivity index (χ2v) is 8.20. The molecule has 2 aliphatic rings. The standard InChI is InChI=1S/C23H30N4O3/c1-30-18-7-5-6-17(14-18)23(29)27-12-10-16(11-13-27)22(28)24-15-21-19-8-3-2-4-9-20(19)25-26-21/h5-7,14,16H,2-4,8-13,15H2,1H3,(H,24,28)(H,25,26). The minimum Gasteiger partial charge on any atom is -0.497 e. The molecule has 0 atom stereocenters. The van der Waals surface area contributed by atoms with Crippen LogP contribution in [0.4, 0.5) is 0 Å². The summed E-state index contributed by atoms with van der Waals surface area (Å²) < 4.78 is 5.21. The number of fused-ring (bicyclic) bond motifs is 1. The summed E-state index contributed by atoms with van der Waals surface area (Å²) in [6.45, 7) is 1.66. The number of piperidine rings is 1. The van der Waals surface area contributed by atoms with E-state index < -0.39 is 0 Å². The molecule has 1 saturated heterocycles. The second kappa shape index (κ2) is 9.32. The second-order valence-electron chi connectivity index (χ2n) is 8.20. The van der Waals surface area contributed by atoms with Gasteiger partial charge in [-0.3, -0.25) is 14.7 Å². The Kier molecular flexibility index (Phi) is 6.35. The van der Waals surface area contributed by atoms with Crippen LogP contribution in [-0.4, -0.2) is 47.1 Å². The molecule has 4 rings (SSSR count). The van der Waals surface area contributed by atoms with Gasteiger partial charge in [-0.2, -0.15) is 5.10 Å². The van der Waals surface area contributed by atoms with Crippen molar-refractivity contribution in [2.24, 2.45) is 5.92 Å². The molecule has 0 unspecified atom stereocenters. The number of hydrogen-bond donors (Lipinski definition) is 2. The molecule has 1 aromatic heterocycles. The van der Waals surface area contributed by atoms with Crippen LogP contribution in [0.1, 0.15) is 59.4 Å². The van der Waals surface area contributed by atoms with Crippen molar-refractivity contribution >= 4 is 11.8 Å². The first-order chi connectivity index (χ1) is 14.7. The van der Waals surface area contributed by atoms with Gasteiger partial charge in [-0.25, -0.2) is 0 Å². The predicted molar refractivity (Wildman–Crippen MR) is 113 cm³/mol. The lowest BCUT2D eigenvalue weighted by Gasteiger charge is -2.31. The van der Waals surface area contributed by atoms with Gasteiger partial charge in [0.2, 0.25) is 5.91 Å². The van der Waals surface area contributed by atoms with Crippen molar-refractivity contribution in [3.05, 3.63) is 46.8 Å². The van der Waals surface area contributed by atoms with Crippen LogP contribution in [0.2, 0.25) is 0 Å². The summed E-state index contributed by atoms with van der Waals surface area (Å²) in [5.41, 5.74) is 4.13. The molecule has 1 fully saturated rings. The SMILES string of the molecule is COc1cccc(C(=O)N2CCC(C(=O)NCc3n[nH]c4c3CCCCC4)CC2)c1. The Hall–Kier alpha value is -2.83. The van der Waals surface area contributed by atoms with E-state index in [1.54, 1.807) is 19.2 Å². The summed E-state index contributed by atoms with van der Waals surface area (Å²) in [6.07, 6.45) is 7.10. The summed E-state index contributed by atoms with van der Waals surface area (Å²) in [4.78, 5) is 27.3. The lowest BCUT2D eigenvalue weighted by molar-refractivity contribution is -0.126. The molecule has 0 spiro atoms. The number of aryl methyl sites for hydroxylation is 1. The van der Waals surface area contributed by atoms with Crippen molar-refractivity contribution in [3.8, 4) is 5.75 Å². The molecule has 2 heterocycles. The summed E-state index contributed by atoms with van der Waals surface area (Å²) >= 11 is 0. The Morgan fingerprint density at radius 3 is 2.80 bits per heavy atom. The van der Waals surface area contributed by atoms with Gasteiger partial charge in [0.1, 0.15) is 5.75 Å². The summed E-state index contributed by atoms with van der Waals surface area (Å²) in [7, 11) is 1.59. The average Bonchev–Trinajstić information content (AvgIpc) is 3.02. The molecule has 1 aliphatic carbocycles. The Morgan fingerprint density at radius 1 is 1.20 bits per heavy atom. The highest BCUT2D eigenvalue weighted by molar-refractivity contribution is 5.94. The van der Waals surface area contributed by atoms with Crippen LogP contribution in [0, 0.1) is 5.92 Å². The lowest BCUT2D eigenvalue weighted by Crippen LogP contribution is -2.43. The highest BCUT2D eigenvalue weighted by atomic mass is 16.5. The summed E-state index contributed by atoms with van der Waals surface area (Å²) in [5, 5.41) is 10.7. The number of nitrogens with zero attached hydrogens (tertiary/aromatic N) is 2. The molecule has 7 nitrogen and oxygen atoms in total. The number of carbonyl (C=O) groups is 2. The molecule has 1 aromatic carbocycles. The fourth-order valence-electron chi connectivity index (χ4n) is 4.47. The average molecular weight is 411 g/mol. The maximum Gasteiger partial charge on any atom is 0.253 e. The van der Waals surface area contributed by atoms with Gasteiger partial charge in [0.15, 0.2) is 0 Å². The zero-order valence-electron chi connectivity index (χ0n) is 17.6. The predicted octanol–water partition coefficient (Wildman–Crippen LogP) is 2.86. The Morgan fingerprint density at radius 2 is 2.00 bits per heavy atom. The van der Waals surface area contributed by atoms with Gasteiger partial charge in [0, 0.05) is 30.3 Å². The van der Waals surface area contributed by atoms with Gasteiger partial charge in [-0.1, -0.05) is 12.5 Å². The maximum atomic E-state index is 12.7. The quantitative estimate of drug-likeness (QED) is 0.742. The largest absolute Gasteiger partial charge is 0.497 e. The molecule has 2 N–H and O–H groups in total. The van der Waals surface area contributed by atoms with Crippen LogP contribution in [0.3, 0.4) is 0 Å². The van der Waals surface area contributed by atoms with Crippen molar-refractivity contribution < 1.29 is 14.3 Å². The van der Waals surface area contributed by atoms with Crippen LogP contribution in [-0.2, 0) is 24.2 Å². The third kappa shape index (κ3) is 4.50. The van der Waals surface area contributed by atoms with Crippen LogP contribution >= 0.6 is 0 Å². The normalized spacial score (nSPS) is 17.2. The number of rotatable bonds is 5. The number of ether oxygens (including phenoxy) is 1. The van der Waals surface area contributed by atoms with E-state index in [-0.39, 0.29) is 17.7 Å². The van der Waals surface area contributed by atoms with E-state index in [2.05, 4.69) is 15.5 Å². The number of H-pyrrole nitrogens is 1. The number of likely N-dealkylation sites (tertiary alicyclic amines) is 1. The molecular weight excluding hydrogens is 380 g/mol. The Bertz CT molecular complexity index is 900. The van der Waals surface area contributed by atoms with Gasteiger partial charge in [0.25, 0.3) is 5.91 Å². The first-order valence-corrected chi connectivity index (χ1v) is 10.9. The third-order valence-electron chi connectivity index (χ3n) is 6.29. The van der Waals surface area contributed by atoms with E-state index in [9.17, 15) is 9.59 Å². The molecule has 160 valence electrons. The fraction of sp³-hybridized carbons (Fsp3) is 0.522. The first-order valence-electron chi connectivity index (χ1n) is 10.9. The number of carbonyl (C=O) groups excluding carboxylic acids is 2. The van der Waals surface area contributed by atoms with Crippen LogP contribution in [0.5, 0.6) is 5.75 Å². The molecule has 0 bridgehead atoms. The third-order valence-corrected chi connectivity index (χ3v) is 6.29. The monoisotopic (exact) mass is 410 g/mol. The smallest absolute Gasteiger partial charge is 0.253 e. The van der Waals surface area contributed by atoms with Gasteiger partial charge >= 0.3 is 0 Å².